The summed E-state index contributed by atoms with van der Waals surface area (Å²) < 4.78 is 43.8. The first-order valence-corrected chi connectivity index (χ1v) is 10.5. The van der Waals surface area contributed by atoms with Crippen LogP contribution in [0, 0.1) is 17.5 Å². The predicted molar refractivity (Wildman–Crippen MR) is 114 cm³/mol. The molecule has 0 radical (unpaired) electrons. The Morgan fingerprint density at radius 2 is 1.83 bits per heavy atom. The van der Waals surface area contributed by atoms with E-state index in [0.29, 0.717) is 16.8 Å². The summed E-state index contributed by atoms with van der Waals surface area (Å²) in [6.07, 6.45) is 6.75. The molecular formula is C22H21F3N4S. The molecule has 1 aliphatic rings. The Balaban J connectivity index is 0.000000230. The standard InChI is InChI=1S/C18H14F3N.C4H7N3S/c19-12-6-4-11(5-7-12)17-16(10-2-1-3-10)14-8-13(20)9-15(21)18(14)22-17;1-5-8-4-2-6-7-3-4/h4-10,22H,1-3H2;2-3,5H,1H3,(H,6,7). The van der Waals surface area contributed by atoms with Crippen LogP contribution in [0.15, 0.2) is 53.7 Å². The smallest absolute Gasteiger partial charge is 0.150 e. The lowest BCUT2D eigenvalue weighted by atomic mass is 9.78. The van der Waals surface area contributed by atoms with Crippen LogP contribution in [0.1, 0.15) is 30.7 Å². The van der Waals surface area contributed by atoms with Gasteiger partial charge in [-0.05, 0) is 79.2 Å². The van der Waals surface area contributed by atoms with Crippen LogP contribution >= 0.6 is 11.9 Å². The number of hydrogen-bond donors (Lipinski definition) is 3. The Hall–Kier alpha value is -2.71. The van der Waals surface area contributed by atoms with Gasteiger partial charge in [0, 0.05) is 17.6 Å². The second-order valence-corrected chi connectivity index (χ2v) is 8.18. The fourth-order valence-corrected chi connectivity index (χ4v) is 4.07. The van der Waals surface area contributed by atoms with Gasteiger partial charge in [-0.2, -0.15) is 5.10 Å². The molecule has 0 atom stereocenters. The molecule has 5 rings (SSSR count). The molecule has 0 amide bonds. The summed E-state index contributed by atoms with van der Waals surface area (Å²) in [5.41, 5.74) is 2.83. The molecule has 2 heterocycles. The molecule has 4 aromatic rings. The molecule has 0 bridgehead atoms. The first-order chi connectivity index (χ1) is 14.6. The monoisotopic (exact) mass is 430 g/mol. The topological polar surface area (TPSA) is 56.5 Å². The highest BCUT2D eigenvalue weighted by Gasteiger charge is 2.27. The number of nitrogens with zero attached hydrogens (tertiary/aromatic N) is 1. The molecule has 2 aromatic carbocycles. The number of aromatic nitrogens is 3. The fraction of sp³-hybridized carbons (Fsp3) is 0.227. The van der Waals surface area contributed by atoms with Crippen molar-refractivity contribution in [3.8, 4) is 11.3 Å². The Morgan fingerprint density at radius 3 is 2.43 bits per heavy atom. The lowest BCUT2D eigenvalue weighted by Crippen LogP contribution is -2.09. The molecule has 30 heavy (non-hydrogen) atoms. The summed E-state index contributed by atoms with van der Waals surface area (Å²) in [4.78, 5) is 4.18. The summed E-state index contributed by atoms with van der Waals surface area (Å²) in [6.45, 7) is 0. The van der Waals surface area contributed by atoms with Crippen molar-refractivity contribution in [2.75, 3.05) is 7.05 Å². The predicted octanol–water partition coefficient (Wildman–Crippen LogP) is 6.16. The van der Waals surface area contributed by atoms with E-state index in [9.17, 15) is 13.2 Å². The maximum atomic E-state index is 14.1. The molecule has 3 N–H and O–H groups in total. The van der Waals surface area contributed by atoms with E-state index >= 15 is 0 Å². The number of halogens is 3. The van der Waals surface area contributed by atoms with E-state index in [2.05, 4.69) is 19.9 Å². The molecule has 156 valence electrons. The number of nitrogens with one attached hydrogen (secondary N) is 3. The zero-order valence-electron chi connectivity index (χ0n) is 16.3. The average Bonchev–Trinajstić information content (AvgIpc) is 3.31. The van der Waals surface area contributed by atoms with Crippen molar-refractivity contribution >= 4 is 22.9 Å². The lowest BCUT2D eigenvalue weighted by Gasteiger charge is -2.26. The van der Waals surface area contributed by atoms with Gasteiger partial charge >= 0.3 is 0 Å². The van der Waals surface area contributed by atoms with Gasteiger partial charge in [-0.25, -0.2) is 13.2 Å². The molecule has 2 aromatic heterocycles. The minimum atomic E-state index is -0.594. The second kappa shape index (κ2) is 8.97. The number of rotatable bonds is 4. The highest BCUT2D eigenvalue weighted by Crippen LogP contribution is 2.45. The van der Waals surface area contributed by atoms with Gasteiger partial charge in [0.2, 0.25) is 0 Å². The summed E-state index contributed by atoms with van der Waals surface area (Å²) in [6, 6.07) is 8.35. The summed E-state index contributed by atoms with van der Waals surface area (Å²) in [7, 11) is 1.87. The molecule has 0 unspecified atom stereocenters. The highest BCUT2D eigenvalue weighted by molar-refractivity contribution is 7.97. The molecule has 8 heteroatoms. The van der Waals surface area contributed by atoms with E-state index in [0.717, 1.165) is 47.0 Å². The van der Waals surface area contributed by atoms with Gasteiger partial charge in [0.15, 0.2) is 0 Å². The largest absolute Gasteiger partial charge is 0.352 e. The van der Waals surface area contributed by atoms with Crippen LogP contribution in [0.5, 0.6) is 0 Å². The van der Waals surface area contributed by atoms with Crippen molar-refractivity contribution in [3.63, 3.8) is 0 Å². The highest BCUT2D eigenvalue weighted by atomic mass is 32.2. The van der Waals surface area contributed by atoms with Crippen molar-refractivity contribution in [2.24, 2.45) is 0 Å². The van der Waals surface area contributed by atoms with Crippen LogP contribution in [-0.2, 0) is 0 Å². The Kier molecular flexibility index (Phi) is 6.15. The zero-order chi connectivity index (χ0) is 21.1. The van der Waals surface area contributed by atoms with Gasteiger partial charge in [-0.15, -0.1) is 0 Å². The van der Waals surface area contributed by atoms with E-state index in [1.54, 1.807) is 18.3 Å². The third-order valence-electron chi connectivity index (χ3n) is 5.20. The number of hydrogen-bond acceptors (Lipinski definition) is 3. The van der Waals surface area contributed by atoms with E-state index in [1.165, 1.54) is 30.1 Å². The Labute approximate surface area is 176 Å². The maximum Gasteiger partial charge on any atom is 0.150 e. The molecule has 0 spiro atoms. The van der Waals surface area contributed by atoms with Gasteiger partial charge in [0.25, 0.3) is 0 Å². The minimum Gasteiger partial charge on any atom is -0.352 e. The fourth-order valence-electron chi connectivity index (χ4n) is 3.62. The molecule has 1 fully saturated rings. The van der Waals surface area contributed by atoms with Crippen LogP contribution in [0.25, 0.3) is 22.2 Å². The average molecular weight is 430 g/mol. The Bertz CT molecular complexity index is 1120. The van der Waals surface area contributed by atoms with E-state index in [4.69, 9.17) is 0 Å². The third kappa shape index (κ3) is 4.24. The number of aromatic amines is 2. The quantitative estimate of drug-likeness (QED) is 0.340. The van der Waals surface area contributed by atoms with Gasteiger partial charge < -0.3 is 4.98 Å². The summed E-state index contributed by atoms with van der Waals surface area (Å²) >= 11 is 1.54. The molecule has 1 saturated carbocycles. The molecular weight excluding hydrogens is 409 g/mol. The van der Waals surface area contributed by atoms with Crippen molar-refractivity contribution in [1.29, 1.82) is 0 Å². The van der Waals surface area contributed by atoms with Crippen molar-refractivity contribution < 1.29 is 13.2 Å². The minimum absolute atomic E-state index is 0.301. The van der Waals surface area contributed by atoms with Crippen LogP contribution in [0.3, 0.4) is 0 Å². The van der Waals surface area contributed by atoms with Crippen LogP contribution in [-0.4, -0.2) is 22.2 Å². The summed E-state index contributed by atoms with van der Waals surface area (Å²) in [5.74, 6) is -1.18. The number of fused-ring (bicyclic) bond motifs is 1. The lowest BCUT2D eigenvalue weighted by molar-refractivity contribution is 0.423. The molecule has 0 saturated heterocycles. The van der Waals surface area contributed by atoms with Crippen molar-refractivity contribution in [2.45, 2.75) is 30.1 Å². The van der Waals surface area contributed by atoms with E-state index in [-0.39, 0.29) is 5.82 Å². The van der Waals surface area contributed by atoms with Gasteiger partial charge in [0.05, 0.1) is 22.3 Å². The normalized spacial score (nSPS) is 13.7. The SMILES string of the molecule is CNSc1cn[nH]c1.Fc1ccc(-c2[nH]c3c(F)cc(F)cc3c2C2CCC2)cc1. The van der Waals surface area contributed by atoms with Gasteiger partial charge in [-0.1, -0.05) is 6.42 Å². The third-order valence-corrected chi connectivity index (χ3v) is 5.87. The molecule has 0 aliphatic heterocycles. The number of H-pyrrole nitrogens is 2. The molecule has 1 aliphatic carbocycles. The van der Waals surface area contributed by atoms with Crippen LogP contribution in [0.4, 0.5) is 13.2 Å². The van der Waals surface area contributed by atoms with Crippen molar-refractivity contribution in [1.82, 2.24) is 19.9 Å². The zero-order valence-corrected chi connectivity index (χ0v) is 17.1. The van der Waals surface area contributed by atoms with E-state index < -0.39 is 11.6 Å². The molecule has 4 nitrogen and oxygen atoms in total. The second-order valence-electron chi connectivity index (χ2n) is 7.10. The van der Waals surface area contributed by atoms with E-state index in [1.807, 2.05) is 13.2 Å². The summed E-state index contributed by atoms with van der Waals surface area (Å²) in [5, 5.41) is 7.06. The van der Waals surface area contributed by atoms with Crippen LogP contribution < -0.4 is 4.72 Å². The Morgan fingerprint density at radius 1 is 1.07 bits per heavy atom. The van der Waals surface area contributed by atoms with Crippen LogP contribution in [0.2, 0.25) is 0 Å². The maximum absolute atomic E-state index is 14.1. The van der Waals surface area contributed by atoms with Crippen molar-refractivity contribution in [3.05, 3.63) is 71.8 Å². The first-order valence-electron chi connectivity index (χ1n) is 9.65. The van der Waals surface area contributed by atoms with Gasteiger partial charge in [0.1, 0.15) is 17.5 Å². The first kappa shape index (κ1) is 20.6. The number of benzene rings is 2. The van der Waals surface area contributed by atoms with Gasteiger partial charge in [-0.3, -0.25) is 9.82 Å².